The molecule has 2 aromatic heterocycles. The smallest absolute Gasteiger partial charge is 0.228 e. The molecule has 8 heteroatoms. The van der Waals surface area contributed by atoms with E-state index in [0.29, 0.717) is 17.4 Å². The third kappa shape index (κ3) is 4.03. The highest BCUT2D eigenvalue weighted by molar-refractivity contribution is 5.99. The van der Waals surface area contributed by atoms with Crippen LogP contribution in [0.3, 0.4) is 0 Å². The van der Waals surface area contributed by atoms with Crippen molar-refractivity contribution in [2.75, 3.05) is 52.3 Å². The van der Waals surface area contributed by atoms with Crippen molar-refractivity contribution in [2.24, 2.45) is 11.8 Å². The molecule has 2 fully saturated rings. The molecule has 3 heterocycles. The Morgan fingerprint density at radius 1 is 1.16 bits per heavy atom. The molecule has 1 aliphatic carbocycles. The number of nitrogens with one attached hydrogen (secondary N) is 3. The molecule has 2 aliphatic rings. The lowest BCUT2D eigenvalue weighted by Crippen LogP contribution is -2.44. The first-order chi connectivity index (χ1) is 15.7. The Labute approximate surface area is 187 Å². The SMILES string of the molecule is COc1cccc(OC)c1-c1c[nH]c2nc(NC(=O)[C@H]3CC3CN3CCNCC3)ccc12. The molecule has 3 N–H and O–H groups in total. The molecule has 32 heavy (non-hydrogen) atoms. The molecular formula is C24H29N5O3. The Bertz CT molecular complexity index is 1100. The van der Waals surface area contributed by atoms with Gasteiger partial charge in [0.05, 0.1) is 19.8 Å². The van der Waals surface area contributed by atoms with Gasteiger partial charge in [-0.1, -0.05) is 6.07 Å². The van der Waals surface area contributed by atoms with Gasteiger partial charge in [0.25, 0.3) is 0 Å². The van der Waals surface area contributed by atoms with Crippen LogP contribution in [0.1, 0.15) is 6.42 Å². The van der Waals surface area contributed by atoms with E-state index in [2.05, 4.69) is 25.5 Å². The molecule has 2 atom stereocenters. The first kappa shape index (κ1) is 20.8. The summed E-state index contributed by atoms with van der Waals surface area (Å²) in [7, 11) is 3.29. The Morgan fingerprint density at radius 2 is 1.91 bits per heavy atom. The molecule has 5 rings (SSSR count). The molecule has 1 saturated heterocycles. The minimum Gasteiger partial charge on any atom is -0.496 e. The van der Waals surface area contributed by atoms with Gasteiger partial charge in [-0.3, -0.25) is 4.79 Å². The molecule has 0 spiro atoms. The fraction of sp³-hybridized carbons (Fsp3) is 0.417. The van der Waals surface area contributed by atoms with E-state index in [1.165, 1.54) is 0 Å². The fourth-order valence-electron chi connectivity index (χ4n) is 4.61. The zero-order valence-electron chi connectivity index (χ0n) is 18.5. The first-order valence-corrected chi connectivity index (χ1v) is 11.1. The van der Waals surface area contributed by atoms with E-state index >= 15 is 0 Å². The molecule has 1 aliphatic heterocycles. The van der Waals surface area contributed by atoms with Crippen LogP contribution >= 0.6 is 0 Å². The summed E-state index contributed by atoms with van der Waals surface area (Å²) in [4.78, 5) is 23.0. The van der Waals surface area contributed by atoms with Gasteiger partial charge < -0.3 is 30.0 Å². The second kappa shape index (κ2) is 8.80. The van der Waals surface area contributed by atoms with Crippen molar-refractivity contribution >= 4 is 22.8 Å². The second-order valence-electron chi connectivity index (χ2n) is 8.47. The summed E-state index contributed by atoms with van der Waals surface area (Å²) in [6.07, 6.45) is 2.85. The van der Waals surface area contributed by atoms with Crippen molar-refractivity contribution in [3.05, 3.63) is 36.5 Å². The number of fused-ring (bicyclic) bond motifs is 1. The Morgan fingerprint density at radius 3 is 2.62 bits per heavy atom. The van der Waals surface area contributed by atoms with Crippen LogP contribution in [0.4, 0.5) is 5.82 Å². The number of pyridine rings is 1. The van der Waals surface area contributed by atoms with Crippen LogP contribution in [-0.2, 0) is 4.79 Å². The van der Waals surface area contributed by atoms with Crippen LogP contribution in [0.15, 0.2) is 36.5 Å². The summed E-state index contributed by atoms with van der Waals surface area (Å²) in [5.74, 6) is 2.62. The van der Waals surface area contributed by atoms with Gasteiger partial charge in [0.2, 0.25) is 5.91 Å². The van der Waals surface area contributed by atoms with Crippen molar-refractivity contribution in [3.63, 3.8) is 0 Å². The zero-order chi connectivity index (χ0) is 22.1. The summed E-state index contributed by atoms with van der Waals surface area (Å²) in [5.41, 5.74) is 2.52. The predicted molar refractivity (Wildman–Crippen MR) is 124 cm³/mol. The van der Waals surface area contributed by atoms with Gasteiger partial charge in [-0.25, -0.2) is 4.98 Å². The highest BCUT2D eigenvalue weighted by Gasteiger charge is 2.43. The van der Waals surface area contributed by atoms with E-state index in [1.807, 2.05) is 36.5 Å². The second-order valence-corrected chi connectivity index (χ2v) is 8.47. The number of anilines is 1. The van der Waals surface area contributed by atoms with E-state index in [9.17, 15) is 4.79 Å². The minimum absolute atomic E-state index is 0.0650. The van der Waals surface area contributed by atoms with Crippen LogP contribution < -0.4 is 20.1 Å². The third-order valence-corrected chi connectivity index (χ3v) is 6.45. The lowest BCUT2D eigenvalue weighted by atomic mass is 10.0. The lowest BCUT2D eigenvalue weighted by Gasteiger charge is -2.27. The predicted octanol–water partition coefficient (Wildman–Crippen LogP) is 2.73. The summed E-state index contributed by atoms with van der Waals surface area (Å²) >= 11 is 0. The molecule has 3 aromatic rings. The van der Waals surface area contributed by atoms with Crippen molar-refractivity contribution < 1.29 is 14.3 Å². The van der Waals surface area contributed by atoms with Crippen molar-refractivity contribution in [2.45, 2.75) is 6.42 Å². The maximum Gasteiger partial charge on any atom is 0.228 e. The lowest BCUT2D eigenvalue weighted by molar-refractivity contribution is -0.117. The number of hydrogen-bond acceptors (Lipinski definition) is 6. The number of aromatic nitrogens is 2. The fourth-order valence-corrected chi connectivity index (χ4v) is 4.61. The molecule has 8 nitrogen and oxygen atoms in total. The average molecular weight is 436 g/mol. The largest absolute Gasteiger partial charge is 0.496 e. The summed E-state index contributed by atoms with van der Waals surface area (Å²) in [5, 5.41) is 7.31. The number of methoxy groups -OCH3 is 2. The number of hydrogen-bond donors (Lipinski definition) is 3. The molecule has 1 aromatic carbocycles. The maximum absolute atomic E-state index is 12.7. The number of carbonyl (C=O) groups excluding carboxylic acids is 1. The van der Waals surface area contributed by atoms with Crippen LogP contribution in [-0.4, -0.2) is 67.7 Å². The number of ether oxygens (including phenoxy) is 2. The Hall–Kier alpha value is -3.10. The Balaban J connectivity index is 1.30. The standard InChI is InChI=1S/C24H29N5O3/c1-31-19-4-3-5-20(32-2)22(19)18-13-26-23-16(18)6-7-21(27-23)28-24(30)17-12-15(17)14-29-10-8-25-9-11-29/h3-7,13,15,17,25H,8-12,14H2,1-2H3,(H2,26,27,28,30)/t15?,17-/m0/s1. The van der Waals surface area contributed by atoms with Gasteiger partial charge in [0.15, 0.2) is 0 Å². The van der Waals surface area contributed by atoms with E-state index < -0.39 is 0 Å². The van der Waals surface area contributed by atoms with Gasteiger partial charge in [-0.05, 0) is 36.6 Å². The van der Waals surface area contributed by atoms with E-state index in [-0.39, 0.29) is 11.8 Å². The molecule has 1 unspecified atom stereocenters. The van der Waals surface area contributed by atoms with Gasteiger partial charge in [-0.2, -0.15) is 0 Å². The summed E-state index contributed by atoms with van der Waals surface area (Å²) in [6.45, 7) is 5.20. The van der Waals surface area contributed by atoms with Gasteiger partial charge in [0, 0.05) is 55.8 Å². The van der Waals surface area contributed by atoms with Crippen molar-refractivity contribution in [1.82, 2.24) is 20.2 Å². The first-order valence-electron chi connectivity index (χ1n) is 11.1. The van der Waals surface area contributed by atoms with Gasteiger partial charge in [-0.15, -0.1) is 0 Å². The van der Waals surface area contributed by atoms with Crippen LogP contribution in [0.25, 0.3) is 22.2 Å². The van der Waals surface area contributed by atoms with Crippen LogP contribution in [0, 0.1) is 11.8 Å². The van der Waals surface area contributed by atoms with E-state index in [0.717, 1.165) is 67.2 Å². The summed E-state index contributed by atoms with van der Waals surface area (Å²) in [6, 6.07) is 9.54. The molecule has 0 bridgehead atoms. The van der Waals surface area contributed by atoms with E-state index in [1.54, 1.807) is 14.2 Å². The highest BCUT2D eigenvalue weighted by atomic mass is 16.5. The summed E-state index contributed by atoms with van der Waals surface area (Å²) < 4.78 is 11.1. The van der Waals surface area contributed by atoms with Gasteiger partial charge in [0.1, 0.15) is 23.0 Å². The number of nitrogens with zero attached hydrogens (tertiary/aromatic N) is 2. The quantitative estimate of drug-likeness (QED) is 0.529. The molecule has 1 amide bonds. The van der Waals surface area contributed by atoms with Crippen LogP contribution in [0.2, 0.25) is 0 Å². The zero-order valence-corrected chi connectivity index (χ0v) is 18.5. The molecular weight excluding hydrogens is 406 g/mol. The topological polar surface area (TPSA) is 91.5 Å². The maximum atomic E-state index is 12.7. The van der Waals surface area contributed by atoms with Crippen molar-refractivity contribution in [1.29, 1.82) is 0 Å². The number of amides is 1. The normalized spacial score (nSPS) is 20.8. The highest BCUT2D eigenvalue weighted by Crippen LogP contribution is 2.42. The average Bonchev–Trinajstić information content (AvgIpc) is 3.47. The number of aromatic amines is 1. The van der Waals surface area contributed by atoms with E-state index in [4.69, 9.17) is 9.47 Å². The third-order valence-electron chi connectivity index (χ3n) is 6.45. The Kier molecular flexibility index (Phi) is 5.71. The number of carbonyl (C=O) groups is 1. The molecule has 168 valence electrons. The molecule has 0 radical (unpaired) electrons. The monoisotopic (exact) mass is 435 g/mol. The number of piperazine rings is 1. The number of H-pyrrole nitrogens is 1. The van der Waals surface area contributed by atoms with Gasteiger partial charge >= 0.3 is 0 Å². The number of rotatable bonds is 7. The number of benzene rings is 1. The molecule has 1 saturated carbocycles. The van der Waals surface area contributed by atoms with Crippen LogP contribution in [0.5, 0.6) is 11.5 Å². The van der Waals surface area contributed by atoms with Crippen molar-refractivity contribution in [3.8, 4) is 22.6 Å². The minimum atomic E-state index is 0.0650.